The van der Waals surface area contributed by atoms with Crippen molar-refractivity contribution >= 4 is 11.6 Å². The number of fused-ring (bicyclic) bond motifs is 2. The van der Waals surface area contributed by atoms with Gasteiger partial charge in [-0.15, -0.1) is 0 Å². The summed E-state index contributed by atoms with van der Waals surface area (Å²) in [6.07, 6.45) is 6.50. The zero-order valence-corrected chi connectivity index (χ0v) is 24.2. The smallest absolute Gasteiger partial charge is 0.256 e. The average molecular weight is 571 g/mol. The Morgan fingerprint density at radius 3 is 2.66 bits per heavy atom. The fourth-order valence-electron chi connectivity index (χ4n) is 7.94. The second-order valence-electron chi connectivity index (χ2n) is 13.3. The second kappa shape index (κ2) is 9.97. The maximum absolute atomic E-state index is 16.3. The number of ketones is 1. The molecule has 2 saturated heterocycles. The molecule has 0 radical (unpaired) electrons. The number of nitrogens with zero attached hydrogens (tertiary/aromatic N) is 5. The summed E-state index contributed by atoms with van der Waals surface area (Å²) in [5.74, 6) is 0.536. The van der Waals surface area contributed by atoms with Gasteiger partial charge in [0.05, 0.1) is 5.41 Å². The third-order valence-electron chi connectivity index (χ3n) is 10.1. The topological polar surface area (TPSA) is 96.6 Å². The summed E-state index contributed by atoms with van der Waals surface area (Å²) in [5.41, 5.74) is 0.664. The van der Waals surface area contributed by atoms with Gasteiger partial charge in [0, 0.05) is 49.2 Å². The van der Waals surface area contributed by atoms with Gasteiger partial charge in [-0.25, -0.2) is 9.37 Å². The number of hydrogen-bond acceptors (Lipinski definition) is 9. The molecule has 2 spiro atoms. The number of anilines is 1. The van der Waals surface area contributed by atoms with E-state index in [0.717, 1.165) is 50.5 Å². The van der Waals surface area contributed by atoms with Crippen LogP contribution in [0, 0.1) is 5.82 Å². The predicted octanol–water partition coefficient (Wildman–Crippen LogP) is 4.13. The molecule has 2 aliphatic heterocycles. The molecule has 9 nitrogen and oxygen atoms in total. The standard InChI is InChI=1S/C30H40F2N6O3/c1-17-14-38(16-29(35-17)11-12-29)27-23(32)28(40-18(2)21-13-19(31)15-37(21)3)34-26(33-27)24-20-7-6-10-30(25(20)41-36-24)9-5-4-8-22(30)39/h17-19,21,35H,4-16H2,1-3H3/t17-,18+,19-,21+,30-/m1/s1. The number of hydrogen-bond donors (Lipinski definition) is 1. The summed E-state index contributed by atoms with van der Waals surface area (Å²) in [6.45, 7) is 5.50. The monoisotopic (exact) mass is 570 g/mol. The molecule has 0 bridgehead atoms. The Morgan fingerprint density at radius 1 is 1.12 bits per heavy atom. The lowest BCUT2D eigenvalue weighted by Crippen LogP contribution is -2.57. The maximum atomic E-state index is 16.3. The summed E-state index contributed by atoms with van der Waals surface area (Å²) in [4.78, 5) is 26.5. The van der Waals surface area contributed by atoms with Crippen molar-refractivity contribution in [1.82, 2.24) is 25.3 Å². The van der Waals surface area contributed by atoms with Crippen molar-refractivity contribution in [1.29, 1.82) is 0 Å². The minimum Gasteiger partial charge on any atom is -0.471 e. The number of likely N-dealkylation sites (tertiary alicyclic amines) is 1. The van der Waals surface area contributed by atoms with E-state index in [9.17, 15) is 9.18 Å². The minimum atomic E-state index is -0.939. The first kappa shape index (κ1) is 27.2. The summed E-state index contributed by atoms with van der Waals surface area (Å²) in [5, 5.41) is 8.08. The Bertz CT molecular complexity index is 1350. The van der Waals surface area contributed by atoms with Gasteiger partial charge in [0.1, 0.15) is 18.1 Å². The molecule has 0 unspecified atom stereocenters. The first-order chi connectivity index (χ1) is 19.7. The van der Waals surface area contributed by atoms with Crippen LogP contribution < -0.4 is 15.0 Å². The SMILES string of the molecule is C[C@@H]1CN(c2nc(-c3noc4c3CCC[C@@]43CCCCC3=O)nc(O[C@@H](C)[C@@H]3C[C@@H](F)CN3C)c2F)CC2(CC2)N1. The van der Waals surface area contributed by atoms with Gasteiger partial charge in [-0.1, -0.05) is 11.6 Å². The Balaban J connectivity index is 1.30. The van der Waals surface area contributed by atoms with Gasteiger partial charge in [0.15, 0.2) is 23.1 Å². The quantitative estimate of drug-likeness (QED) is 0.569. The van der Waals surface area contributed by atoms with E-state index < -0.39 is 23.5 Å². The van der Waals surface area contributed by atoms with E-state index in [1.54, 1.807) is 0 Å². The zero-order chi connectivity index (χ0) is 28.5. The number of aromatic nitrogens is 3. The van der Waals surface area contributed by atoms with Gasteiger partial charge < -0.3 is 19.5 Å². The van der Waals surface area contributed by atoms with Crippen molar-refractivity contribution < 1.29 is 22.8 Å². The number of nitrogens with one attached hydrogen (secondary N) is 1. The van der Waals surface area contributed by atoms with Crippen LogP contribution in [0.1, 0.15) is 83.0 Å². The van der Waals surface area contributed by atoms with Gasteiger partial charge in [-0.2, -0.15) is 9.37 Å². The highest BCUT2D eigenvalue weighted by atomic mass is 19.1. The highest BCUT2D eigenvalue weighted by molar-refractivity contribution is 5.91. The number of likely N-dealkylation sites (N-methyl/N-ethyl adjacent to an activating group) is 1. The number of carbonyl (C=O) groups is 1. The zero-order valence-electron chi connectivity index (χ0n) is 24.2. The van der Waals surface area contributed by atoms with E-state index in [2.05, 4.69) is 22.4 Å². The Labute approximate surface area is 239 Å². The highest BCUT2D eigenvalue weighted by Crippen LogP contribution is 2.48. The van der Waals surface area contributed by atoms with Crippen LogP contribution in [0.2, 0.25) is 0 Å². The highest BCUT2D eigenvalue weighted by Gasteiger charge is 2.50. The average Bonchev–Trinajstić information content (AvgIpc) is 3.35. The first-order valence-electron chi connectivity index (χ1n) is 15.3. The van der Waals surface area contributed by atoms with Crippen LogP contribution in [-0.4, -0.2) is 82.4 Å². The number of piperazine rings is 1. The summed E-state index contributed by atoms with van der Waals surface area (Å²) in [7, 11) is 1.86. The van der Waals surface area contributed by atoms with Crippen LogP contribution >= 0.6 is 0 Å². The van der Waals surface area contributed by atoms with Crippen LogP contribution in [0.15, 0.2) is 4.52 Å². The van der Waals surface area contributed by atoms with Crippen LogP contribution in [-0.2, 0) is 16.6 Å². The van der Waals surface area contributed by atoms with Crippen molar-refractivity contribution in [3.05, 3.63) is 17.1 Å². The molecule has 0 aromatic carbocycles. The number of halogens is 2. The molecule has 2 saturated carbocycles. The predicted molar refractivity (Wildman–Crippen MR) is 148 cm³/mol. The minimum absolute atomic E-state index is 0.0208. The molecule has 2 aromatic rings. The number of ether oxygens (including phenoxy) is 1. The molecule has 11 heteroatoms. The summed E-state index contributed by atoms with van der Waals surface area (Å²) < 4.78 is 42.6. The van der Waals surface area contributed by atoms with Crippen LogP contribution in [0.3, 0.4) is 0 Å². The number of carbonyl (C=O) groups excluding carboxylic acids is 1. The maximum Gasteiger partial charge on any atom is 0.256 e. The molecular formula is C30H40F2N6O3. The second-order valence-corrected chi connectivity index (χ2v) is 13.3. The fraction of sp³-hybridized carbons (Fsp3) is 0.733. The number of rotatable bonds is 5. The van der Waals surface area contributed by atoms with E-state index in [1.807, 2.05) is 23.8 Å². The van der Waals surface area contributed by atoms with E-state index in [4.69, 9.17) is 14.2 Å². The lowest BCUT2D eigenvalue weighted by Gasteiger charge is -2.39. The van der Waals surface area contributed by atoms with Gasteiger partial charge in [-0.3, -0.25) is 9.69 Å². The Hall–Kier alpha value is -2.66. The van der Waals surface area contributed by atoms with Crippen molar-refractivity contribution in [3.63, 3.8) is 0 Å². The summed E-state index contributed by atoms with van der Waals surface area (Å²) in [6, 6.07) is -0.0323. The normalized spacial score (nSPS) is 32.0. The van der Waals surface area contributed by atoms with Gasteiger partial charge in [-0.05, 0) is 72.3 Å². The van der Waals surface area contributed by atoms with E-state index in [1.165, 1.54) is 0 Å². The van der Waals surface area contributed by atoms with E-state index in [0.29, 0.717) is 50.4 Å². The Kier molecular flexibility index (Phi) is 6.61. The van der Waals surface area contributed by atoms with E-state index in [-0.39, 0.29) is 40.9 Å². The van der Waals surface area contributed by atoms with Crippen LogP contribution in [0.4, 0.5) is 14.6 Å². The first-order valence-corrected chi connectivity index (χ1v) is 15.3. The molecule has 2 aromatic heterocycles. The van der Waals surface area contributed by atoms with Crippen molar-refractivity contribution in [2.75, 3.05) is 31.6 Å². The molecule has 4 heterocycles. The lowest BCUT2D eigenvalue weighted by molar-refractivity contribution is -0.128. The third-order valence-corrected chi connectivity index (χ3v) is 10.1. The molecule has 41 heavy (non-hydrogen) atoms. The van der Waals surface area contributed by atoms with Gasteiger partial charge in [0.2, 0.25) is 5.82 Å². The van der Waals surface area contributed by atoms with Gasteiger partial charge >= 0.3 is 0 Å². The van der Waals surface area contributed by atoms with Crippen LogP contribution in [0.25, 0.3) is 11.5 Å². The summed E-state index contributed by atoms with van der Waals surface area (Å²) >= 11 is 0. The molecule has 7 rings (SSSR count). The van der Waals surface area contributed by atoms with Crippen LogP contribution in [0.5, 0.6) is 5.88 Å². The van der Waals surface area contributed by atoms with Crippen molar-refractivity contribution in [3.8, 4) is 17.4 Å². The van der Waals surface area contributed by atoms with Gasteiger partial charge in [0.25, 0.3) is 5.88 Å². The largest absolute Gasteiger partial charge is 0.471 e. The number of alkyl halides is 1. The third kappa shape index (κ3) is 4.63. The molecule has 5 aliphatic rings. The van der Waals surface area contributed by atoms with Crippen molar-refractivity contribution in [2.45, 2.75) is 113 Å². The Morgan fingerprint density at radius 2 is 1.93 bits per heavy atom. The molecule has 222 valence electrons. The molecule has 4 fully saturated rings. The number of Topliss-reactive ketones (excluding diaryl/α,β-unsaturated/α-hetero) is 1. The van der Waals surface area contributed by atoms with Crippen molar-refractivity contribution in [2.24, 2.45) is 0 Å². The molecular weight excluding hydrogens is 530 g/mol. The molecule has 1 N–H and O–H groups in total. The lowest BCUT2D eigenvalue weighted by atomic mass is 9.64. The molecule has 3 aliphatic carbocycles. The van der Waals surface area contributed by atoms with E-state index >= 15 is 4.39 Å². The molecule has 5 atom stereocenters. The molecule has 0 amide bonds. The fourth-order valence-corrected chi connectivity index (χ4v) is 7.94.